The van der Waals surface area contributed by atoms with Crippen LogP contribution in [0.15, 0.2) is 30.3 Å². The van der Waals surface area contributed by atoms with Crippen LogP contribution in [0.2, 0.25) is 0 Å². The van der Waals surface area contributed by atoms with Gasteiger partial charge >= 0.3 is 12.1 Å². The van der Waals surface area contributed by atoms with Crippen LogP contribution in [0.3, 0.4) is 0 Å². The van der Waals surface area contributed by atoms with Crippen LogP contribution >= 0.6 is 0 Å². The number of hydrogen-bond acceptors (Lipinski definition) is 5. The molecule has 2 rings (SSSR count). The van der Waals surface area contributed by atoms with E-state index in [4.69, 9.17) is 5.11 Å². The van der Waals surface area contributed by atoms with Gasteiger partial charge in [0.2, 0.25) is 5.78 Å². The van der Waals surface area contributed by atoms with Gasteiger partial charge in [0.15, 0.2) is 0 Å². The van der Waals surface area contributed by atoms with Gasteiger partial charge in [-0.3, -0.25) is 9.69 Å². The molecule has 114 valence electrons. The molecular formula is C16H15NO5. The van der Waals surface area contributed by atoms with Gasteiger partial charge in [0.25, 0.3) is 0 Å². The molecule has 22 heavy (non-hydrogen) atoms. The second kappa shape index (κ2) is 6.76. The number of cyclic esters (lactones) is 2. The Labute approximate surface area is 127 Å². The number of ether oxygens (including phenoxy) is 1. The molecule has 1 heterocycles. The van der Waals surface area contributed by atoms with E-state index in [0.717, 1.165) is 10.5 Å². The van der Waals surface area contributed by atoms with Gasteiger partial charge in [0, 0.05) is 5.92 Å². The predicted molar refractivity (Wildman–Crippen MR) is 76.1 cm³/mol. The van der Waals surface area contributed by atoms with Crippen LogP contribution in [0, 0.1) is 12.0 Å². The van der Waals surface area contributed by atoms with Crippen molar-refractivity contribution in [1.29, 1.82) is 0 Å². The number of aliphatic hydroxyl groups is 1. The summed E-state index contributed by atoms with van der Waals surface area (Å²) in [6.07, 6.45) is 1.49. The van der Waals surface area contributed by atoms with Crippen LogP contribution in [-0.2, 0) is 20.7 Å². The lowest BCUT2D eigenvalue weighted by Gasteiger charge is -2.25. The van der Waals surface area contributed by atoms with Crippen molar-refractivity contribution >= 4 is 17.8 Å². The average molecular weight is 301 g/mol. The Bertz CT molecular complexity index is 643. The Morgan fingerprint density at radius 1 is 1.36 bits per heavy atom. The number of amides is 1. The van der Waals surface area contributed by atoms with E-state index in [0.29, 0.717) is 6.42 Å². The highest BCUT2D eigenvalue weighted by atomic mass is 16.6. The Hall–Kier alpha value is -2.81. The molecule has 6 heteroatoms. The zero-order valence-corrected chi connectivity index (χ0v) is 12.0. The first-order valence-electron chi connectivity index (χ1n) is 6.81. The second-order valence-corrected chi connectivity index (χ2v) is 4.91. The SMILES string of the molecule is C[C@H]1C(=O)OC(=O)N1[C@@H](CCc1ccccc1)C(=O)C#CO. The molecule has 0 bridgehead atoms. The van der Waals surface area contributed by atoms with Gasteiger partial charge in [-0.2, -0.15) is 0 Å². The van der Waals surface area contributed by atoms with Crippen molar-refractivity contribution < 1.29 is 24.2 Å². The highest BCUT2D eigenvalue weighted by Crippen LogP contribution is 2.21. The van der Waals surface area contributed by atoms with Crippen molar-refractivity contribution in [2.45, 2.75) is 31.8 Å². The molecule has 0 radical (unpaired) electrons. The van der Waals surface area contributed by atoms with Gasteiger partial charge in [-0.05, 0) is 25.3 Å². The summed E-state index contributed by atoms with van der Waals surface area (Å²) in [4.78, 5) is 36.4. The maximum atomic E-state index is 12.1. The summed E-state index contributed by atoms with van der Waals surface area (Å²) in [5, 5.41) is 8.61. The Balaban J connectivity index is 2.19. The van der Waals surface area contributed by atoms with E-state index in [2.05, 4.69) is 4.74 Å². The number of carbonyl (C=O) groups excluding carboxylic acids is 3. The standard InChI is InChI=1S/C16H15NO5/c1-11-15(20)22-16(21)17(11)13(14(19)9-10-18)8-7-12-5-3-2-4-6-12/h2-6,11,13,18H,7-8H2,1H3/t11-,13-/m0/s1. The summed E-state index contributed by atoms with van der Waals surface area (Å²) >= 11 is 0. The summed E-state index contributed by atoms with van der Waals surface area (Å²) in [5.41, 5.74) is 0.990. The summed E-state index contributed by atoms with van der Waals surface area (Å²) in [5.74, 6) is 0.698. The van der Waals surface area contributed by atoms with Crippen molar-refractivity contribution in [3.63, 3.8) is 0 Å². The first kappa shape index (κ1) is 15.6. The molecule has 0 saturated carbocycles. The average Bonchev–Trinajstić information content (AvgIpc) is 2.75. The Morgan fingerprint density at radius 3 is 2.59 bits per heavy atom. The third-order valence-electron chi connectivity index (χ3n) is 3.52. The number of rotatable bonds is 5. The molecule has 1 aromatic rings. The lowest BCUT2D eigenvalue weighted by Crippen LogP contribution is -2.46. The van der Waals surface area contributed by atoms with Crippen molar-refractivity contribution in [2.75, 3.05) is 0 Å². The molecule has 0 aliphatic carbocycles. The molecule has 0 aromatic heterocycles. The van der Waals surface area contributed by atoms with E-state index in [-0.39, 0.29) is 6.42 Å². The third-order valence-corrected chi connectivity index (χ3v) is 3.52. The maximum absolute atomic E-state index is 12.1. The topological polar surface area (TPSA) is 83.9 Å². The van der Waals surface area contributed by atoms with Crippen LogP contribution < -0.4 is 0 Å². The molecule has 0 spiro atoms. The lowest BCUT2D eigenvalue weighted by atomic mass is 10.00. The quantitative estimate of drug-likeness (QED) is 0.503. The largest absolute Gasteiger partial charge is 0.462 e. The van der Waals surface area contributed by atoms with E-state index in [9.17, 15) is 14.4 Å². The Kier molecular flexibility index (Phi) is 4.79. The maximum Gasteiger partial charge on any atom is 0.418 e. The molecule has 6 nitrogen and oxygen atoms in total. The molecule has 1 aliphatic rings. The zero-order chi connectivity index (χ0) is 16.1. The van der Waals surface area contributed by atoms with Gasteiger partial charge < -0.3 is 9.84 Å². The van der Waals surface area contributed by atoms with Crippen molar-refractivity contribution in [1.82, 2.24) is 4.90 Å². The number of Topliss-reactive ketones (excluding diaryl/α,β-unsaturated/α-hetero) is 1. The van der Waals surface area contributed by atoms with Gasteiger partial charge in [0.05, 0.1) is 0 Å². The van der Waals surface area contributed by atoms with Gasteiger partial charge in [-0.15, -0.1) is 0 Å². The zero-order valence-electron chi connectivity index (χ0n) is 12.0. The van der Waals surface area contributed by atoms with E-state index >= 15 is 0 Å². The third kappa shape index (κ3) is 3.26. The number of carbonyl (C=O) groups is 3. The molecule has 1 aliphatic heterocycles. The second-order valence-electron chi connectivity index (χ2n) is 4.91. The van der Waals surface area contributed by atoms with Crippen LogP contribution in [0.5, 0.6) is 0 Å². The van der Waals surface area contributed by atoms with E-state index in [1.807, 2.05) is 36.3 Å². The van der Waals surface area contributed by atoms with Crippen LogP contribution in [-0.4, -0.2) is 39.9 Å². The van der Waals surface area contributed by atoms with E-state index < -0.39 is 29.9 Å². The van der Waals surface area contributed by atoms with Crippen molar-refractivity contribution in [3.8, 4) is 12.0 Å². The normalized spacial score (nSPS) is 18.4. The monoisotopic (exact) mass is 301 g/mol. The number of ketones is 1. The van der Waals surface area contributed by atoms with Crippen molar-refractivity contribution in [2.24, 2.45) is 0 Å². The predicted octanol–water partition coefficient (Wildman–Crippen LogP) is 1.26. The fourth-order valence-electron chi connectivity index (χ4n) is 2.38. The van der Waals surface area contributed by atoms with Crippen LogP contribution in [0.4, 0.5) is 4.79 Å². The number of aliphatic hydroxyl groups excluding tert-OH is 1. The summed E-state index contributed by atoms with van der Waals surface area (Å²) in [7, 11) is 0. The van der Waals surface area contributed by atoms with Gasteiger partial charge in [-0.1, -0.05) is 30.3 Å². The number of esters is 1. The van der Waals surface area contributed by atoms with Crippen LogP contribution in [0.1, 0.15) is 18.9 Å². The molecule has 1 N–H and O–H groups in total. The van der Waals surface area contributed by atoms with Gasteiger partial charge in [-0.25, -0.2) is 9.59 Å². The van der Waals surface area contributed by atoms with Gasteiger partial charge in [0.1, 0.15) is 18.2 Å². The highest BCUT2D eigenvalue weighted by Gasteiger charge is 2.44. The lowest BCUT2D eigenvalue weighted by molar-refractivity contribution is -0.135. The molecule has 1 aromatic carbocycles. The fraction of sp³-hybridized carbons (Fsp3) is 0.312. The minimum Gasteiger partial charge on any atom is -0.462 e. The first-order valence-corrected chi connectivity index (χ1v) is 6.81. The Morgan fingerprint density at radius 2 is 2.05 bits per heavy atom. The smallest absolute Gasteiger partial charge is 0.418 e. The highest BCUT2D eigenvalue weighted by molar-refractivity contribution is 6.04. The first-order chi connectivity index (χ1) is 10.5. The molecule has 0 unspecified atom stereocenters. The number of hydrogen-bond donors (Lipinski definition) is 1. The number of aryl methyl sites for hydroxylation is 1. The molecule has 1 fully saturated rings. The molecule has 1 saturated heterocycles. The fourth-order valence-corrected chi connectivity index (χ4v) is 2.38. The van der Waals surface area contributed by atoms with Crippen LogP contribution in [0.25, 0.3) is 0 Å². The molecular weight excluding hydrogens is 286 g/mol. The van der Waals surface area contributed by atoms with E-state index in [1.165, 1.54) is 6.92 Å². The summed E-state index contributed by atoms with van der Waals surface area (Å²) in [6.45, 7) is 1.49. The van der Waals surface area contributed by atoms with Crippen molar-refractivity contribution in [3.05, 3.63) is 35.9 Å². The summed E-state index contributed by atoms with van der Waals surface area (Å²) < 4.78 is 4.53. The summed E-state index contributed by atoms with van der Waals surface area (Å²) in [6, 6.07) is 7.63. The minimum absolute atomic E-state index is 0.282. The number of benzene rings is 1. The number of nitrogens with zero attached hydrogens (tertiary/aromatic N) is 1. The molecule has 1 amide bonds. The minimum atomic E-state index is -0.936. The van der Waals surface area contributed by atoms with E-state index in [1.54, 1.807) is 6.11 Å². The molecule has 2 atom stereocenters.